The van der Waals surface area contributed by atoms with Crippen molar-refractivity contribution in [2.24, 2.45) is 0 Å². The first-order valence-corrected chi connectivity index (χ1v) is 4.76. The molecule has 0 aromatic heterocycles. The van der Waals surface area contributed by atoms with Gasteiger partial charge in [-0.1, -0.05) is 6.08 Å². The van der Waals surface area contributed by atoms with Crippen LogP contribution < -0.4 is 5.32 Å². The van der Waals surface area contributed by atoms with E-state index in [4.69, 9.17) is 0 Å². The lowest BCUT2D eigenvalue weighted by Gasteiger charge is -2.38. The number of hydrogen-bond donors (Lipinski definition) is 2. The summed E-state index contributed by atoms with van der Waals surface area (Å²) in [4.78, 5) is 0. The quantitative estimate of drug-likeness (QED) is 0.627. The van der Waals surface area contributed by atoms with Crippen molar-refractivity contribution >= 4 is 0 Å². The van der Waals surface area contributed by atoms with E-state index in [2.05, 4.69) is 18.8 Å². The summed E-state index contributed by atoms with van der Waals surface area (Å²) in [5.41, 5.74) is -0.494. The first-order valence-electron chi connectivity index (χ1n) is 4.76. The lowest BCUT2D eigenvalue weighted by molar-refractivity contribution is -0.0237. The zero-order chi connectivity index (χ0) is 9.03. The molecule has 0 bridgehead atoms. The molecule has 0 aromatic carbocycles. The van der Waals surface area contributed by atoms with Gasteiger partial charge in [-0.3, -0.25) is 0 Å². The number of nitrogens with one attached hydrogen (secondary N) is 1. The molecule has 2 heteroatoms. The van der Waals surface area contributed by atoms with Gasteiger partial charge in [0.2, 0.25) is 0 Å². The second-order valence-corrected chi connectivity index (χ2v) is 3.71. The number of piperidine rings is 1. The molecular weight excluding hydrogens is 150 g/mol. The molecule has 0 aromatic rings. The summed E-state index contributed by atoms with van der Waals surface area (Å²) in [5, 5.41) is 13.5. The fraction of sp³-hybridized carbons (Fsp3) is 0.800. The molecule has 1 aliphatic heterocycles. The fourth-order valence-corrected chi connectivity index (χ4v) is 1.81. The van der Waals surface area contributed by atoms with E-state index in [0.717, 1.165) is 32.2 Å². The molecule has 70 valence electrons. The Labute approximate surface area is 74.7 Å². The van der Waals surface area contributed by atoms with E-state index in [0.29, 0.717) is 0 Å². The van der Waals surface area contributed by atoms with Crippen molar-refractivity contribution in [3.05, 3.63) is 12.7 Å². The summed E-state index contributed by atoms with van der Waals surface area (Å²) in [7, 11) is 0. The maximum absolute atomic E-state index is 10.2. The van der Waals surface area contributed by atoms with Gasteiger partial charge in [-0.05, 0) is 39.2 Å². The van der Waals surface area contributed by atoms with Crippen molar-refractivity contribution in [3.8, 4) is 0 Å². The Morgan fingerprint density at radius 1 is 1.75 bits per heavy atom. The van der Waals surface area contributed by atoms with Crippen LogP contribution in [0.1, 0.15) is 32.6 Å². The van der Waals surface area contributed by atoms with Crippen molar-refractivity contribution in [2.45, 2.75) is 44.2 Å². The predicted octanol–water partition coefficient (Wildman–Crippen LogP) is 1.46. The normalized spacial score (nSPS) is 36.3. The van der Waals surface area contributed by atoms with Crippen LogP contribution in [-0.4, -0.2) is 23.3 Å². The fourth-order valence-electron chi connectivity index (χ4n) is 1.81. The van der Waals surface area contributed by atoms with E-state index in [1.165, 1.54) is 0 Å². The molecule has 2 atom stereocenters. The minimum atomic E-state index is -0.494. The van der Waals surface area contributed by atoms with Crippen molar-refractivity contribution in [3.63, 3.8) is 0 Å². The Bertz CT molecular complexity index is 158. The average molecular weight is 169 g/mol. The second-order valence-electron chi connectivity index (χ2n) is 3.71. The highest BCUT2D eigenvalue weighted by molar-refractivity contribution is 4.93. The first-order chi connectivity index (χ1) is 5.69. The third-order valence-electron chi connectivity index (χ3n) is 2.82. The third-order valence-corrected chi connectivity index (χ3v) is 2.82. The highest BCUT2D eigenvalue weighted by Gasteiger charge is 2.34. The molecule has 2 unspecified atom stereocenters. The minimum Gasteiger partial charge on any atom is -0.388 e. The molecule has 0 spiro atoms. The van der Waals surface area contributed by atoms with Crippen LogP contribution in [0.5, 0.6) is 0 Å². The van der Waals surface area contributed by atoms with Gasteiger partial charge < -0.3 is 10.4 Å². The average Bonchev–Trinajstić information content (AvgIpc) is 2.07. The predicted molar refractivity (Wildman–Crippen MR) is 51.1 cm³/mol. The number of rotatable bonds is 3. The van der Waals surface area contributed by atoms with Gasteiger partial charge in [-0.15, -0.1) is 6.58 Å². The van der Waals surface area contributed by atoms with Crippen LogP contribution in [0.15, 0.2) is 12.7 Å². The molecule has 0 amide bonds. The molecule has 1 heterocycles. The zero-order valence-electron chi connectivity index (χ0n) is 7.84. The monoisotopic (exact) mass is 169 g/mol. The SMILES string of the molecule is C=CCCC1(O)CCCNC1C. The van der Waals surface area contributed by atoms with Gasteiger partial charge in [0.05, 0.1) is 5.60 Å². The van der Waals surface area contributed by atoms with E-state index in [1.54, 1.807) is 0 Å². The Hall–Kier alpha value is -0.340. The van der Waals surface area contributed by atoms with E-state index in [9.17, 15) is 5.11 Å². The smallest absolute Gasteiger partial charge is 0.0800 e. The lowest BCUT2D eigenvalue weighted by Crippen LogP contribution is -2.53. The lowest BCUT2D eigenvalue weighted by atomic mass is 9.83. The summed E-state index contributed by atoms with van der Waals surface area (Å²) < 4.78 is 0. The number of allylic oxidation sites excluding steroid dienone is 1. The van der Waals surface area contributed by atoms with Gasteiger partial charge >= 0.3 is 0 Å². The molecule has 0 radical (unpaired) electrons. The molecule has 0 aliphatic carbocycles. The standard InChI is InChI=1S/C10H19NO/c1-3-4-6-10(12)7-5-8-11-9(10)2/h3,9,11-12H,1,4-8H2,2H3. The molecule has 2 N–H and O–H groups in total. The van der Waals surface area contributed by atoms with Gasteiger partial charge in [0.15, 0.2) is 0 Å². The third kappa shape index (κ3) is 2.08. The molecule has 1 saturated heterocycles. The summed E-state index contributed by atoms with van der Waals surface area (Å²) in [6.07, 6.45) is 5.62. The van der Waals surface area contributed by atoms with Crippen molar-refractivity contribution in [2.75, 3.05) is 6.54 Å². The molecule has 2 nitrogen and oxygen atoms in total. The topological polar surface area (TPSA) is 32.3 Å². The summed E-state index contributed by atoms with van der Waals surface area (Å²) in [6, 6.07) is 0.228. The van der Waals surface area contributed by atoms with Crippen molar-refractivity contribution in [1.29, 1.82) is 0 Å². The molecule has 12 heavy (non-hydrogen) atoms. The minimum absolute atomic E-state index is 0.228. The Morgan fingerprint density at radius 2 is 2.50 bits per heavy atom. The summed E-state index contributed by atoms with van der Waals surface area (Å²) in [5.74, 6) is 0. The largest absolute Gasteiger partial charge is 0.388 e. The molecular formula is C10H19NO. The maximum Gasteiger partial charge on any atom is 0.0800 e. The van der Waals surface area contributed by atoms with Crippen LogP contribution in [0.4, 0.5) is 0 Å². The van der Waals surface area contributed by atoms with Gasteiger partial charge in [0, 0.05) is 6.04 Å². The van der Waals surface area contributed by atoms with E-state index in [1.807, 2.05) is 6.08 Å². The second kappa shape index (κ2) is 4.06. The van der Waals surface area contributed by atoms with Crippen molar-refractivity contribution < 1.29 is 5.11 Å². The van der Waals surface area contributed by atoms with Crippen LogP contribution in [0, 0.1) is 0 Å². The molecule has 1 fully saturated rings. The highest BCUT2D eigenvalue weighted by atomic mass is 16.3. The van der Waals surface area contributed by atoms with E-state index >= 15 is 0 Å². The molecule has 0 saturated carbocycles. The Morgan fingerprint density at radius 3 is 3.08 bits per heavy atom. The number of hydrogen-bond acceptors (Lipinski definition) is 2. The van der Waals surface area contributed by atoms with E-state index < -0.39 is 5.60 Å². The van der Waals surface area contributed by atoms with Gasteiger partial charge in [0.1, 0.15) is 0 Å². The molecule has 1 rings (SSSR count). The Balaban J connectivity index is 2.47. The number of aliphatic hydroxyl groups is 1. The zero-order valence-corrected chi connectivity index (χ0v) is 7.84. The van der Waals surface area contributed by atoms with Crippen molar-refractivity contribution in [1.82, 2.24) is 5.32 Å². The van der Waals surface area contributed by atoms with Crippen LogP contribution in [0.2, 0.25) is 0 Å². The summed E-state index contributed by atoms with van der Waals surface area (Å²) in [6.45, 7) is 6.77. The van der Waals surface area contributed by atoms with E-state index in [-0.39, 0.29) is 6.04 Å². The van der Waals surface area contributed by atoms with Crippen LogP contribution in [0.25, 0.3) is 0 Å². The molecule has 1 aliphatic rings. The van der Waals surface area contributed by atoms with Gasteiger partial charge in [-0.2, -0.15) is 0 Å². The maximum atomic E-state index is 10.2. The van der Waals surface area contributed by atoms with Crippen LogP contribution in [0.3, 0.4) is 0 Å². The Kier molecular flexibility index (Phi) is 3.29. The van der Waals surface area contributed by atoms with Gasteiger partial charge in [0.25, 0.3) is 0 Å². The first kappa shape index (κ1) is 9.75. The van der Waals surface area contributed by atoms with Gasteiger partial charge in [-0.25, -0.2) is 0 Å². The highest BCUT2D eigenvalue weighted by Crippen LogP contribution is 2.26. The van der Waals surface area contributed by atoms with Crippen LogP contribution in [-0.2, 0) is 0 Å². The van der Waals surface area contributed by atoms with Crippen LogP contribution >= 0.6 is 0 Å². The summed E-state index contributed by atoms with van der Waals surface area (Å²) >= 11 is 0.